The lowest BCUT2D eigenvalue weighted by atomic mass is 9.90. The van der Waals surface area contributed by atoms with Crippen LogP contribution < -0.4 is 10.3 Å². The van der Waals surface area contributed by atoms with Crippen LogP contribution in [0, 0.1) is 25.6 Å². The zero-order chi connectivity index (χ0) is 24.1. The molecule has 2 N–H and O–H groups in total. The average Bonchev–Trinajstić information content (AvgIpc) is 3.16. The molecule has 3 heterocycles. The fourth-order valence-corrected chi connectivity index (χ4v) is 4.80. The number of aryl methyl sites for hydroxylation is 1. The minimum atomic E-state index is -3.68. The van der Waals surface area contributed by atoms with E-state index in [1.807, 2.05) is 0 Å². The first-order chi connectivity index (χ1) is 15.4. The van der Waals surface area contributed by atoms with Crippen LogP contribution in [0.15, 0.2) is 29.1 Å². The molecule has 1 aromatic carbocycles. The van der Waals surface area contributed by atoms with Crippen molar-refractivity contribution in [3.05, 3.63) is 63.0 Å². The van der Waals surface area contributed by atoms with Gasteiger partial charge in [-0.1, -0.05) is 6.92 Å². The Morgan fingerprint density at radius 2 is 2.00 bits per heavy atom. The predicted octanol–water partition coefficient (Wildman–Crippen LogP) is 2.76. The van der Waals surface area contributed by atoms with E-state index in [0.717, 1.165) is 24.8 Å². The predicted molar refractivity (Wildman–Crippen MR) is 122 cm³/mol. The molecular formula is C22H26FN5O4S. The third kappa shape index (κ3) is 4.50. The highest BCUT2D eigenvalue weighted by molar-refractivity contribution is 7.92. The van der Waals surface area contributed by atoms with E-state index in [1.165, 1.54) is 10.6 Å². The number of rotatable bonds is 4. The van der Waals surface area contributed by atoms with Gasteiger partial charge in [0, 0.05) is 23.9 Å². The number of aromatic amines is 1. The molecule has 0 radical (unpaired) electrons. The van der Waals surface area contributed by atoms with E-state index in [1.54, 1.807) is 24.8 Å². The summed E-state index contributed by atoms with van der Waals surface area (Å²) in [6.45, 7) is 5.95. The van der Waals surface area contributed by atoms with Crippen LogP contribution in [0.1, 0.15) is 53.1 Å². The lowest BCUT2D eigenvalue weighted by Crippen LogP contribution is -2.41. The summed E-state index contributed by atoms with van der Waals surface area (Å²) in [5, 5.41) is 3.08. The first-order valence-corrected chi connectivity index (χ1v) is 12.5. The highest BCUT2D eigenvalue weighted by Crippen LogP contribution is 2.35. The molecule has 1 amide bonds. The fourth-order valence-electron chi connectivity index (χ4n) is 4.22. The van der Waals surface area contributed by atoms with Gasteiger partial charge in [0.25, 0.3) is 11.5 Å². The lowest BCUT2D eigenvalue weighted by molar-refractivity contribution is 0.0552. The van der Waals surface area contributed by atoms with Crippen molar-refractivity contribution in [2.45, 2.75) is 39.7 Å². The molecule has 2 atom stereocenters. The summed E-state index contributed by atoms with van der Waals surface area (Å²) in [5.41, 5.74) is 1.98. The van der Waals surface area contributed by atoms with E-state index in [9.17, 15) is 22.4 Å². The number of carbonyl (C=O) groups excluding carboxylic acids is 1. The van der Waals surface area contributed by atoms with Gasteiger partial charge in [-0.2, -0.15) is 0 Å². The van der Waals surface area contributed by atoms with Crippen molar-refractivity contribution in [2.24, 2.45) is 5.92 Å². The Morgan fingerprint density at radius 3 is 2.70 bits per heavy atom. The van der Waals surface area contributed by atoms with E-state index in [4.69, 9.17) is 0 Å². The number of carbonyl (C=O) groups is 1. The smallest absolute Gasteiger partial charge is 0.275 e. The molecule has 9 nitrogen and oxygen atoms in total. The number of nitrogens with one attached hydrogen (secondary N) is 2. The van der Waals surface area contributed by atoms with Crippen molar-refractivity contribution < 1.29 is 17.6 Å². The van der Waals surface area contributed by atoms with Crippen LogP contribution in [0.25, 0.3) is 5.65 Å². The average molecular weight is 476 g/mol. The normalized spacial score (nSPS) is 19.1. The van der Waals surface area contributed by atoms with Crippen molar-refractivity contribution in [2.75, 3.05) is 17.5 Å². The number of hydrogen-bond acceptors (Lipinski definition) is 5. The number of H-pyrrole nitrogens is 1. The van der Waals surface area contributed by atoms with Crippen LogP contribution in [0.2, 0.25) is 0 Å². The Hall–Kier alpha value is -3.21. The molecule has 1 aliphatic heterocycles. The first-order valence-electron chi connectivity index (χ1n) is 10.6. The van der Waals surface area contributed by atoms with Crippen molar-refractivity contribution in [1.29, 1.82) is 0 Å². The van der Waals surface area contributed by atoms with Crippen LogP contribution in [0.4, 0.5) is 10.1 Å². The van der Waals surface area contributed by atoms with E-state index in [2.05, 4.69) is 21.7 Å². The van der Waals surface area contributed by atoms with Crippen LogP contribution in [0.5, 0.6) is 0 Å². The minimum Gasteiger partial charge on any atom is -0.330 e. The maximum atomic E-state index is 14.0. The van der Waals surface area contributed by atoms with Crippen LogP contribution in [-0.2, 0) is 10.0 Å². The van der Waals surface area contributed by atoms with E-state index in [0.29, 0.717) is 41.5 Å². The molecule has 0 aliphatic carbocycles. The van der Waals surface area contributed by atoms with E-state index >= 15 is 0 Å². The molecule has 33 heavy (non-hydrogen) atoms. The van der Waals surface area contributed by atoms with E-state index < -0.39 is 27.8 Å². The van der Waals surface area contributed by atoms with Gasteiger partial charge in [-0.05, 0) is 50.8 Å². The fraction of sp³-hybridized carbons (Fsp3) is 0.409. The summed E-state index contributed by atoms with van der Waals surface area (Å²) in [7, 11) is -3.68. The molecule has 1 fully saturated rings. The summed E-state index contributed by atoms with van der Waals surface area (Å²) in [5.74, 6) is -0.838. The van der Waals surface area contributed by atoms with Gasteiger partial charge in [-0.15, -0.1) is 0 Å². The van der Waals surface area contributed by atoms with Crippen molar-refractivity contribution in [3.63, 3.8) is 0 Å². The van der Waals surface area contributed by atoms with Crippen molar-refractivity contribution >= 4 is 27.3 Å². The van der Waals surface area contributed by atoms with Crippen LogP contribution in [0.3, 0.4) is 0 Å². The quantitative estimate of drug-likeness (QED) is 0.602. The summed E-state index contributed by atoms with van der Waals surface area (Å²) >= 11 is 0. The molecule has 11 heteroatoms. The molecule has 1 aliphatic rings. The zero-order valence-electron chi connectivity index (χ0n) is 18.8. The van der Waals surface area contributed by atoms with E-state index in [-0.39, 0.29) is 16.8 Å². The van der Waals surface area contributed by atoms with Gasteiger partial charge in [0.05, 0.1) is 29.2 Å². The maximum absolute atomic E-state index is 14.0. The molecule has 4 rings (SSSR count). The van der Waals surface area contributed by atoms with Crippen molar-refractivity contribution in [3.8, 4) is 0 Å². The zero-order valence-corrected chi connectivity index (χ0v) is 19.7. The molecule has 0 saturated carbocycles. The number of anilines is 1. The largest absolute Gasteiger partial charge is 0.330 e. The van der Waals surface area contributed by atoms with Gasteiger partial charge in [-0.3, -0.25) is 19.4 Å². The number of fused-ring (bicyclic) bond motifs is 1. The minimum absolute atomic E-state index is 0.0158. The monoisotopic (exact) mass is 475 g/mol. The molecule has 0 bridgehead atoms. The standard InChI is InChI=1S/C22H26FN5O4S/c1-12-7-8-27(22(30)16-10-15(23)5-6-17(16)26-33(4,31)32)19(9-12)18-11-20-24-14(3)13(2)21(29)28(20)25-18/h5-6,10-12,19,25-26H,7-9H2,1-4H3/t12-,19-/m1/s1. The molecule has 176 valence electrons. The van der Waals surface area contributed by atoms with Crippen LogP contribution in [-0.4, -0.2) is 46.6 Å². The van der Waals surface area contributed by atoms with Gasteiger partial charge in [0.2, 0.25) is 10.0 Å². The summed E-state index contributed by atoms with van der Waals surface area (Å²) in [4.78, 5) is 32.3. The van der Waals surface area contributed by atoms with Gasteiger partial charge in [0.1, 0.15) is 5.82 Å². The first kappa shape index (κ1) is 23.0. The Bertz CT molecular complexity index is 1410. The summed E-state index contributed by atoms with van der Waals surface area (Å²) < 4.78 is 41.3. The number of amides is 1. The summed E-state index contributed by atoms with van der Waals surface area (Å²) in [6.07, 6.45) is 2.33. The Balaban J connectivity index is 1.78. The highest BCUT2D eigenvalue weighted by atomic mass is 32.2. The third-order valence-corrected chi connectivity index (χ3v) is 6.69. The second-order valence-electron chi connectivity index (χ2n) is 8.74. The number of sulfonamides is 1. The number of hydrogen-bond donors (Lipinski definition) is 2. The lowest BCUT2D eigenvalue weighted by Gasteiger charge is -2.38. The van der Waals surface area contributed by atoms with Gasteiger partial charge < -0.3 is 4.90 Å². The highest BCUT2D eigenvalue weighted by Gasteiger charge is 2.34. The molecule has 1 saturated heterocycles. The van der Waals surface area contributed by atoms with Gasteiger partial charge >= 0.3 is 0 Å². The number of piperidine rings is 1. The Labute approximate surface area is 190 Å². The van der Waals surface area contributed by atoms with Gasteiger partial charge in [0.15, 0.2) is 5.65 Å². The van der Waals surface area contributed by atoms with Crippen molar-refractivity contribution in [1.82, 2.24) is 19.5 Å². The van der Waals surface area contributed by atoms with Crippen LogP contribution >= 0.6 is 0 Å². The molecule has 2 aromatic heterocycles. The number of halogens is 1. The number of aromatic nitrogens is 3. The Morgan fingerprint density at radius 1 is 1.27 bits per heavy atom. The number of nitrogens with zero attached hydrogens (tertiary/aromatic N) is 3. The molecule has 0 spiro atoms. The second kappa shape index (κ2) is 8.29. The van der Waals surface area contributed by atoms with Gasteiger partial charge in [-0.25, -0.2) is 22.3 Å². The SMILES string of the molecule is Cc1nc2cc([C@H]3C[C@H](C)CCN3C(=O)c3cc(F)ccc3NS(C)(=O)=O)[nH]n2c(=O)c1C. The second-order valence-corrected chi connectivity index (χ2v) is 10.5. The maximum Gasteiger partial charge on any atom is 0.275 e. The topological polar surface area (TPSA) is 117 Å². The third-order valence-electron chi connectivity index (χ3n) is 6.10. The molecule has 3 aromatic rings. The molecular weight excluding hydrogens is 449 g/mol. The molecule has 0 unspecified atom stereocenters. The Kier molecular flexibility index (Phi) is 5.77. The number of likely N-dealkylation sites (tertiary alicyclic amines) is 1. The number of benzene rings is 1. The summed E-state index contributed by atoms with van der Waals surface area (Å²) in [6, 6.07) is 4.70.